The highest BCUT2D eigenvalue weighted by Gasteiger charge is 2.38. The van der Waals surface area contributed by atoms with Gasteiger partial charge in [0, 0.05) is 13.6 Å². The van der Waals surface area contributed by atoms with Crippen LogP contribution in [0.1, 0.15) is 31.2 Å². The van der Waals surface area contributed by atoms with Gasteiger partial charge in [0.05, 0.1) is 5.54 Å². The minimum Gasteiger partial charge on any atom is -0.508 e. The van der Waals surface area contributed by atoms with Gasteiger partial charge in [-0.05, 0) is 30.5 Å². The molecule has 1 fully saturated rings. The molecule has 18 heavy (non-hydrogen) atoms. The number of phenolic OH excluding ortho intramolecular Hbond substituents is 1. The van der Waals surface area contributed by atoms with Crippen LogP contribution in [0.25, 0.3) is 0 Å². The molecule has 1 aliphatic carbocycles. The minimum atomic E-state index is -0.675. The van der Waals surface area contributed by atoms with E-state index in [2.05, 4.69) is 0 Å². The molecular formula is C14H20N2O2. The first-order valence-electron chi connectivity index (χ1n) is 6.34. The average Bonchev–Trinajstić information content (AvgIpc) is 2.76. The lowest BCUT2D eigenvalue weighted by atomic mass is 9.97. The second-order valence-electron chi connectivity index (χ2n) is 5.19. The normalized spacial score (nSPS) is 17.7. The Bertz CT molecular complexity index is 439. The van der Waals surface area contributed by atoms with Gasteiger partial charge in [-0.3, -0.25) is 4.79 Å². The van der Waals surface area contributed by atoms with Gasteiger partial charge >= 0.3 is 0 Å². The van der Waals surface area contributed by atoms with E-state index in [1.807, 2.05) is 6.07 Å². The first-order valence-corrected chi connectivity index (χ1v) is 6.34. The Labute approximate surface area is 107 Å². The van der Waals surface area contributed by atoms with Crippen molar-refractivity contribution in [3.8, 4) is 5.75 Å². The lowest BCUT2D eigenvalue weighted by Gasteiger charge is -2.28. The highest BCUT2D eigenvalue weighted by Crippen LogP contribution is 2.29. The van der Waals surface area contributed by atoms with Gasteiger partial charge in [-0.1, -0.05) is 25.0 Å². The number of nitrogens with two attached hydrogens (primary N) is 1. The Morgan fingerprint density at radius 3 is 2.72 bits per heavy atom. The molecule has 0 atom stereocenters. The highest BCUT2D eigenvalue weighted by atomic mass is 16.3. The standard InChI is InChI=1S/C14H20N2O2/c1-16(10-11-5-4-6-12(17)9-11)13(18)14(15)7-2-3-8-14/h4-6,9,17H,2-3,7-8,10,15H2,1H3. The molecule has 2 rings (SSSR count). The van der Waals surface area contributed by atoms with Crippen molar-refractivity contribution in [1.82, 2.24) is 4.90 Å². The molecule has 0 spiro atoms. The van der Waals surface area contributed by atoms with Crippen LogP contribution in [-0.4, -0.2) is 28.5 Å². The fourth-order valence-corrected chi connectivity index (χ4v) is 2.60. The van der Waals surface area contributed by atoms with Crippen LogP contribution in [0, 0.1) is 0 Å². The monoisotopic (exact) mass is 248 g/mol. The number of hydrogen-bond acceptors (Lipinski definition) is 3. The van der Waals surface area contributed by atoms with E-state index in [-0.39, 0.29) is 11.7 Å². The number of phenols is 1. The number of nitrogens with zero attached hydrogens (tertiary/aromatic N) is 1. The van der Waals surface area contributed by atoms with E-state index in [1.165, 1.54) is 0 Å². The molecule has 98 valence electrons. The van der Waals surface area contributed by atoms with Gasteiger partial charge in [-0.2, -0.15) is 0 Å². The molecule has 0 unspecified atom stereocenters. The third-order valence-electron chi connectivity index (χ3n) is 3.60. The molecule has 4 nitrogen and oxygen atoms in total. The van der Waals surface area contributed by atoms with Gasteiger partial charge < -0.3 is 15.7 Å². The topological polar surface area (TPSA) is 66.6 Å². The molecule has 0 aromatic heterocycles. The van der Waals surface area contributed by atoms with Crippen LogP contribution in [-0.2, 0) is 11.3 Å². The molecular weight excluding hydrogens is 228 g/mol. The molecule has 0 aliphatic heterocycles. The molecule has 0 saturated heterocycles. The first-order chi connectivity index (χ1) is 8.51. The molecule has 4 heteroatoms. The summed E-state index contributed by atoms with van der Waals surface area (Å²) in [6, 6.07) is 6.95. The summed E-state index contributed by atoms with van der Waals surface area (Å²) in [7, 11) is 1.76. The summed E-state index contributed by atoms with van der Waals surface area (Å²) in [6.45, 7) is 0.478. The van der Waals surface area contributed by atoms with Crippen molar-refractivity contribution in [3.05, 3.63) is 29.8 Å². The first kappa shape index (κ1) is 12.9. The molecule has 0 radical (unpaired) electrons. The summed E-state index contributed by atoms with van der Waals surface area (Å²) in [4.78, 5) is 13.9. The summed E-state index contributed by atoms with van der Waals surface area (Å²) >= 11 is 0. The van der Waals surface area contributed by atoms with Gasteiger partial charge in [0.1, 0.15) is 5.75 Å². The molecule has 1 aliphatic rings. The van der Waals surface area contributed by atoms with Crippen molar-refractivity contribution in [2.75, 3.05) is 7.05 Å². The number of amides is 1. The summed E-state index contributed by atoms with van der Waals surface area (Å²) in [5, 5.41) is 9.40. The number of likely N-dealkylation sites (N-methyl/N-ethyl adjacent to an activating group) is 1. The SMILES string of the molecule is CN(Cc1cccc(O)c1)C(=O)C1(N)CCCC1. The number of carbonyl (C=O) groups is 1. The van der Waals surface area contributed by atoms with Crippen LogP contribution >= 0.6 is 0 Å². The number of hydrogen-bond donors (Lipinski definition) is 2. The predicted octanol–water partition coefficient (Wildman–Crippen LogP) is 1.62. The van der Waals surface area contributed by atoms with E-state index in [9.17, 15) is 9.90 Å². The Hall–Kier alpha value is -1.55. The lowest BCUT2D eigenvalue weighted by Crippen LogP contribution is -2.52. The van der Waals surface area contributed by atoms with E-state index in [0.717, 1.165) is 31.2 Å². The Morgan fingerprint density at radius 1 is 1.44 bits per heavy atom. The fourth-order valence-electron chi connectivity index (χ4n) is 2.60. The number of rotatable bonds is 3. The maximum atomic E-state index is 12.3. The molecule has 0 bridgehead atoms. The second-order valence-corrected chi connectivity index (χ2v) is 5.19. The molecule has 1 amide bonds. The largest absolute Gasteiger partial charge is 0.508 e. The summed E-state index contributed by atoms with van der Waals surface area (Å²) in [5.74, 6) is 0.222. The molecule has 3 N–H and O–H groups in total. The maximum absolute atomic E-state index is 12.3. The third kappa shape index (κ3) is 2.64. The van der Waals surface area contributed by atoms with Gasteiger partial charge in [0.2, 0.25) is 5.91 Å². The minimum absolute atomic E-state index is 0.00310. The van der Waals surface area contributed by atoms with E-state index < -0.39 is 5.54 Å². The summed E-state index contributed by atoms with van der Waals surface area (Å²) in [5.41, 5.74) is 6.38. The molecule has 1 aromatic carbocycles. The van der Waals surface area contributed by atoms with Gasteiger partial charge in [-0.25, -0.2) is 0 Å². The maximum Gasteiger partial charge on any atom is 0.242 e. The van der Waals surface area contributed by atoms with Gasteiger partial charge in [0.25, 0.3) is 0 Å². The van der Waals surface area contributed by atoms with Crippen LogP contribution in [0.15, 0.2) is 24.3 Å². The van der Waals surface area contributed by atoms with Gasteiger partial charge in [-0.15, -0.1) is 0 Å². The van der Waals surface area contributed by atoms with Crippen LogP contribution in [0.3, 0.4) is 0 Å². The van der Waals surface area contributed by atoms with E-state index in [4.69, 9.17) is 5.73 Å². The number of aromatic hydroxyl groups is 1. The highest BCUT2D eigenvalue weighted by molar-refractivity contribution is 5.86. The van der Waals surface area contributed by atoms with Crippen LogP contribution < -0.4 is 5.73 Å². The third-order valence-corrected chi connectivity index (χ3v) is 3.60. The zero-order valence-electron chi connectivity index (χ0n) is 10.7. The summed E-state index contributed by atoms with van der Waals surface area (Å²) in [6.07, 6.45) is 3.61. The second kappa shape index (κ2) is 4.98. The zero-order chi connectivity index (χ0) is 13.2. The number of benzene rings is 1. The van der Waals surface area contributed by atoms with E-state index in [1.54, 1.807) is 30.1 Å². The Balaban J connectivity index is 2.03. The van der Waals surface area contributed by atoms with Crippen molar-refractivity contribution in [2.24, 2.45) is 5.73 Å². The quantitative estimate of drug-likeness (QED) is 0.854. The van der Waals surface area contributed by atoms with Crippen LogP contribution in [0.5, 0.6) is 5.75 Å². The smallest absolute Gasteiger partial charge is 0.242 e. The summed E-state index contributed by atoms with van der Waals surface area (Å²) < 4.78 is 0. The lowest BCUT2D eigenvalue weighted by molar-refractivity contribution is -0.136. The van der Waals surface area contributed by atoms with Crippen LogP contribution in [0.4, 0.5) is 0 Å². The van der Waals surface area contributed by atoms with Crippen molar-refractivity contribution in [3.63, 3.8) is 0 Å². The van der Waals surface area contributed by atoms with E-state index in [0.29, 0.717) is 6.54 Å². The van der Waals surface area contributed by atoms with Crippen molar-refractivity contribution >= 4 is 5.91 Å². The predicted molar refractivity (Wildman–Crippen MR) is 70.0 cm³/mol. The molecule has 0 heterocycles. The zero-order valence-corrected chi connectivity index (χ0v) is 10.7. The van der Waals surface area contributed by atoms with Crippen molar-refractivity contribution < 1.29 is 9.90 Å². The van der Waals surface area contributed by atoms with Gasteiger partial charge in [0.15, 0.2) is 0 Å². The van der Waals surface area contributed by atoms with Crippen LogP contribution in [0.2, 0.25) is 0 Å². The van der Waals surface area contributed by atoms with E-state index >= 15 is 0 Å². The molecule has 1 saturated carbocycles. The van der Waals surface area contributed by atoms with Crippen molar-refractivity contribution in [2.45, 2.75) is 37.8 Å². The van der Waals surface area contributed by atoms with Crippen molar-refractivity contribution in [1.29, 1.82) is 0 Å². The molecule has 1 aromatic rings. The Kier molecular flexibility index (Phi) is 3.57. The average molecular weight is 248 g/mol. The fraction of sp³-hybridized carbons (Fsp3) is 0.500. The Morgan fingerprint density at radius 2 is 2.11 bits per heavy atom. The number of carbonyl (C=O) groups excluding carboxylic acids is 1.